The second-order valence-corrected chi connectivity index (χ2v) is 6.66. The summed E-state index contributed by atoms with van der Waals surface area (Å²) in [6, 6.07) is 14.2. The maximum atomic E-state index is 13.3. The Bertz CT molecular complexity index is 1130. The standard InChI is InChI=1S/C23H17FN2O4/c1-30-18-10-8-17(9-11-18)26-20(15-3-2-12-25-13-15)19(22(28)23(26)29)21(27)14-4-6-16(24)7-5-14/h2-13,20,27H,1H3/b21-19-. The van der Waals surface area contributed by atoms with Crippen molar-refractivity contribution in [1.29, 1.82) is 0 Å². The fourth-order valence-corrected chi connectivity index (χ4v) is 3.46. The number of aliphatic hydroxyl groups is 1. The zero-order valence-electron chi connectivity index (χ0n) is 15.9. The van der Waals surface area contributed by atoms with Crippen LogP contribution in [0.2, 0.25) is 0 Å². The third-order valence-electron chi connectivity index (χ3n) is 4.91. The number of hydrogen-bond acceptors (Lipinski definition) is 5. The maximum absolute atomic E-state index is 13.3. The molecule has 1 fully saturated rings. The van der Waals surface area contributed by atoms with Crippen molar-refractivity contribution in [3.63, 3.8) is 0 Å². The van der Waals surface area contributed by atoms with Crippen LogP contribution in [-0.4, -0.2) is 28.9 Å². The SMILES string of the molecule is COc1ccc(N2C(=O)C(=O)/C(=C(\O)c3ccc(F)cc3)C2c2cccnc2)cc1. The predicted octanol–water partition coefficient (Wildman–Crippen LogP) is 3.86. The van der Waals surface area contributed by atoms with Gasteiger partial charge < -0.3 is 9.84 Å². The molecule has 1 N–H and O–H groups in total. The molecule has 1 atom stereocenters. The van der Waals surface area contributed by atoms with Crippen molar-refractivity contribution in [2.24, 2.45) is 0 Å². The van der Waals surface area contributed by atoms with E-state index in [4.69, 9.17) is 4.74 Å². The average molecular weight is 404 g/mol. The summed E-state index contributed by atoms with van der Waals surface area (Å²) in [7, 11) is 1.53. The summed E-state index contributed by atoms with van der Waals surface area (Å²) in [4.78, 5) is 31.3. The Morgan fingerprint density at radius 1 is 1.07 bits per heavy atom. The van der Waals surface area contributed by atoms with Gasteiger partial charge in [0.15, 0.2) is 0 Å². The lowest BCUT2D eigenvalue weighted by atomic mass is 9.96. The van der Waals surface area contributed by atoms with Crippen LogP contribution in [-0.2, 0) is 9.59 Å². The van der Waals surface area contributed by atoms with Crippen LogP contribution in [0.1, 0.15) is 17.2 Å². The first-order chi connectivity index (χ1) is 14.5. The van der Waals surface area contributed by atoms with Gasteiger partial charge in [0.1, 0.15) is 17.3 Å². The highest BCUT2D eigenvalue weighted by atomic mass is 19.1. The summed E-state index contributed by atoms with van der Waals surface area (Å²) < 4.78 is 18.5. The van der Waals surface area contributed by atoms with Crippen molar-refractivity contribution >= 4 is 23.1 Å². The number of methoxy groups -OCH3 is 1. The third-order valence-corrected chi connectivity index (χ3v) is 4.91. The number of carbonyl (C=O) groups excluding carboxylic acids is 2. The number of pyridine rings is 1. The van der Waals surface area contributed by atoms with Gasteiger partial charge in [-0.05, 0) is 60.2 Å². The molecule has 4 rings (SSSR count). The van der Waals surface area contributed by atoms with Gasteiger partial charge >= 0.3 is 0 Å². The number of rotatable bonds is 4. The fourth-order valence-electron chi connectivity index (χ4n) is 3.46. The van der Waals surface area contributed by atoms with Crippen molar-refractivity contribution < 1.29 is 23.8 Å². The lowest BCUT2D eigenvalue weighted by Gasteiger charge is -2.25. The number of halogens is 1. The molecule has 0 aliphatic carbocycles. The lowest BCUT2D eigenvalue weighted by molar-refractivity contribution is -0.132. The number of anilines is 1. The Morgan fingerprint density at radius 3 is 2.37 bits per heavy atom. The topological polar surface area (TPSA) is 79.7 Å². The zero-order valence-corrected chi connectivity index (χ0v) is 15.9. The number of Topliss-reactive ketones (excluding diaryl/α,β-unsaturated/α-hetero) is 1. The van der Waals surface area contributed by atoms with E-state index in [1.54, 1.807) is 42.6 Å². The van der Waals surface area contributed by atoms with Gasteiger partial charge in [-0.25, -0.2) is 4.39 Å². The van der Waals surface area contributed by atoms with Crippen molar-refractivity contribution in [1.82, 2.24) is 4.98 Å². The summed E-state index contributed by atoms with van der Waals surface area (Å²) in [5.74, 6) is -1.87. The van der Waals surface area contributed by atoms with E-state index < -0.39 is 23.5 Å². The molecule has 6 nitrogen and oxygen atoms in total. The quantitative estimate of drug-likeness (QED) is 0.406. The molecule has 150 valence electrons. The van der Waals surface area contributed by atoms with E-state index in [9.17, 15) is 19.1 Å². The minimum Gasteiger partial charge on any atom is -0.507 e. The Hall–Kier alpha value is -4.00. The van der Waals surface area contributed by atoms with E-state index in [1.807, 2.05) is 0 Å². The first-order valence-electron chi connectivity index (χ1n) is 9.12. The van der Waals surface area contributed by atoms with E-state index in [2.05, 4.69) is 4.98 Å². The molecule has 1 amide bonds. The van der Waals surface area contributed by atoms with Gasteiger partial charge in [0, 0.05) is 23.6 Å². The highest BCUT2D eigenvalue weighted by Gasteiger charge is 2.47. The molecule has 1 aliphatic rings. The monoisotopic (exact) mass is 404 g/mol. The number of aliphatic hydroxyl groups excluding tert-OH is 1. The summed E-state index contributed by atoms with van der Waals surface area (Å²) in [5.41, 5.74) is 1.16. The lowest BCUT2D eigenvalue weighted by Crippen LogP contribution is -2.29. The largest absolute Gasteiger partial charge is 0.507 e. The van der Waals surface area contributed by atoms with Crippen molar-refractivity contribution in [3.05, 3.63) is 95.6 Å². The van der Waals surface area contributed by atoms with E-state index in [0.29, 0.717) is 17.0 Å². The second kappa shape index (κ2) is 7.79. The third kappa shape index (κ3) is 3.30. The van der Waals surface area contributed by atoms with E-state index >= 15 is 0 Å². The van der Waals surface area contributed by atoms with Crippen molar-refractivity contribution in [3.8, 4) is 5.75 Å². The van der Waals surface area contributed by atoms with Crippen LogP contribution >= 0.6 is 0 Å². The van der Waals surface area contributed by atoms with Crippen LogP contribution in [0.4, 0.5) is 10.1 Å². The molecular formula is C23H17FN2O4. The fraction of sp³-hybridized carbons (Fsp3) is 0.0870. The molecule has 7 heteroatoms. The van der Waals surface area contributed by atoms with Gasteiger partial charge in [-0.2, -0.15) is 0 Å². The molecule has 1 saturated heterocycles. The van der Waals surface area contributed by atoms with Gasteiger partial charge in [-0.15, -0.1) is 0 Å². The van der Waals surface area contributed by atoms with Crippen LogP contribution in [0.5, 0.6) is 5.75 Å². The molecule has 2 aromatic carbocycles. The Labute approximate surface area is 171 Å². The Balaban J connectivity index is 1.90. The molecule has 30 heavy (non-hydrogen) atoms. The molecular weight excluding hydrogens is 387 g/mol. The molecule has 1 unspecified atom stereocenters. The van der Waals surface area contributed by atoms with Crippen molar-refractivity contribution in [2.45, 2.75) is 6.04 Å². The molecule has 0 bridgehead atoms. The van der Waals surface area contributed by atoms with E-state index in [1.165, 1.54) is 42.5 Å². The van der Waals surface area contributed by atoms with Crippen molar-refractivity contribution in [2.75, 3.05) is 12.0 Å². The number of benzene rings is 2. The number of ether oxygens (including phenoxy) is 1. The molecule has 2 heterocycles. The first-order valence-corrected chi connectivity index (χ1v) is 9.12. The first kappa shape index (κ1) is 19.3. The molecule has 0 spiro atoms. The predicted molar refractivity (Wildman–Crippen MR) is 108 cm³/mol. The number of ketones is 1. The number of hydrogen-bond donors (Lipinski definition) is 1. The second-order valence-electron chi connectivity index (χ2n) is 6.66. The number of carbonyl (C=O) groups is 2. The van der Waals surface area contributed by atoms with Gasteiger partial charge in [0.05, 0.1) is 18.7 Å². The summed E-state index contributed by atoms with van der Waals surface area (Å²) in [6.45, 7) is 0. The molecule has 0 radical (unpaired) electrons. The normalized spacial score (nSPS) is 17.9. The number of amides is 1. The molecule has 0 saturated carbocycles. The van der Waals surface area contributed by atoms with Crippen LogP contribution in [0.15, 0.2) is 78.6 Å². The average Bonchev–Trinajstić information content (AvgIpc) is 3.05. The molecule has 3 aromatic rings. The minimum atomic E-state index is -0.892. The smallest absolute Gasteiger partial charge is 0.300 e. The Kier molecular flexibility index (Phi) is 5.02. The highest BCUT2D eigenvalue weighted by molar-refractivity contribution is 6.51. The molecule has 1 aromatic heterocycles. The summed E-state index contributed by atoms with van der Waals surface area (Å²) in [5, 5.41) is 10.9. The molecule has 1 aliphatic heterocycles. The number of nitrogens with zero attached hydrogens (tertiary/aromatic N) is 2. The van der Waals surface area contributed by atoms with Gasteiger partial charge in [-0.3, -0.25) is 19.5 Å². The van der Waals surface area contributed by atoms with Crippen LogP contribution in [0.25, 0.3) is 5.76 Å². The van der Waals surface area contributed by atoms with Gasteiger partial charge in [0.25, 0.3) is 11.7 Å². The summed E-state index contributed by atoms with van der Waals surface area (Å²) >= 11 is 0. The summed E-state index contributed by atoms with van der Waals surface area (Å²) in [6.07, 6.45) is 3.11. The van der Waals surface area contributed by atoms with Gasteiger partial charge in [0.2, 0.25) is 0 Å². The highest BCUT2D eigenvalue weighted by Crippen LogP contribution is 2.42. The Morgan fingerprint density at radius 2 is 1.77 bits per heavy atom. The number of aromatic nitrogens is 1. The van der Waals surface area contributed by atoms with Gasteiger partial charge in [-0.1, -0.05) is 6.07 Å². The zero-order chi connectivity index (χ0) is 21.3. The van der Waals surface area contributed by atoms with Crippen LogP contribution in [0, 0.1) is 5.82 Å². The van der Waals surface area contributed by atoms with Crippen LogP contribution < -0.4 is 9.64 Å². The van der Waals surface area contributed by atoms with E-state index in [0.717, 1.165) is 0 Å². The van der Waals surface area contributed by atoms with Crippen LogP contribution in [0.3, 0.4) is 0 Å². The van der Waals surface area contributed by atoms with E-state index in [-0.39, 0.29) is 16.9 Å². The maximum Gasteiger partial charge on any atom is 0.300 e. The minimum absolute atomic E-state index is 0.0876.